The summed E-state index contributed by atoms with van der Waals surface area (Å²) in [6.45, 7) is 1.97. The molecule has 6 heteroatoms. The van der Waals surface area contributed by atoms with Crippen LogP contribution in [0.5, 0.6) is 17.2 Å². The Morgan fingerprint density at radius 1 is 1.00 bits per heavy atom. The number of carbonyl (C=O) groups is 1. The van der Waals surface area contributed by atoms with Crippen LogP contribution in [-0.2, 0) is 11.2 Å². The summed E-state index contributed by atoms with van der Waals surface area (Å²) in [6.07, 6.45) is 0.180. The maximum atomic E-state index is 12.4. The fourth-order valence-corrected chi connectivity index (χ4v) is 2.60. The monoisotopic (exact) mass is 349 g/mol. The van der Waals surface area contributed by atoms with Gasteiger partial charge < -0.3 is 19.5 Å². The largest absolute Gasteiger partial charge is 0.496 e. The first kappa shape index (κ1) is 17.9. The van der Waals surface area contributed by atoms with E-state index in [0.717, 1.165) is 11.1 Å². The molecule has 128 valence electrons. The molecule has 0 aliphatic carbocycles. The number of rotatable bonds is 6. The van der Waals surface area contributed by atoms with Crippen LogP contribution in [0.2, 0.25) is 5.02 Å². The van der Waals surface area contributed by atoms with Crippen LogP contribution in [0.25, 0.3) is 0 Å². The van der Waals surface area contributed by atoms with Crippen LogP contribution in [0, 0.1) is 6.92 Å². The number of hydrogen-bond acceptors (Lipinski definition) is 4. The van der Waals surface area contributed by atoms with E-state index in [4.69, 9.17) is 25.8 Å². The predicted octanol–water partition coefficient (Wildman–Crippen LogP) is 3.86. The summed E-state index contributed by atoms with van der Waals surface area (Å²) in [5, 5.41) is 3.23. The topological polar surface area (TPSA) is 56.8 Å². The average molecular weight is 350 g/mol. The maximum Gasteiger partial charge on any atom is 0.229 e. The molecular formula is C18H20ClNO4. The molecule has 0 saturated heterocycles. The molecular weight excluding hydrogens is 330 g/mol. The molecule has 0 unspecified atom stereocenters. The molecule has 1 N–H and O–H groups in total. The standard InChI is InChI=1S/C18H20ClNO4/c1-11-5-6-15(22-2)12(7-11)8-18(21)20-14-10-16(23-3)13(19)9-17(14)24-4/h5-7,9-10H,8H2,1-4H3,(H,20,21). The SMILES string of the molecule is COc1cc(NC(=O)Cc2cc(C)ccc2OC)c(OC)cc1Cl. The van der Waals surface area contributed by atoms with Gasteiger partial charge in [0.2, 0.25) is 5.91 Å². The minimum Gasteiger partial charge on any atom is -0.496 e. The lowest BCUT2D eigenvalue weighted by Gasteiger charge is -2.14. The molecule has 0 radical (unpaired) electrons. The van der Waals surface area contributed by atoms with Gasteiger partial charge in [-0.1, -0.05) is 29.3 Å². The van der Waals surface area contributed by atoms with E-state index in [2.05, 4.69) is 5.32 Å². The first-order valence-corrected chi connectivity index (χ1v) is 7.71. The number of hydrogen-bond donors (Lipinski definition) is 1. The number of carbonyl (C=O) groups excluding carboxylic acids is 1. The van der Waals surface area contributed by atoms with Gasteiger partial charge in [0.05, 0.1) is 38.5 Å². The Morgan fingerprint density at radius 3 is 2.29 bits per heavy atom. The number of amides is 1. The van der Waals surface area contributed by atoms with Gasteiger partial charge in [-0.3, -0.25) is 4.79 Å². The molecule has 0 fully saturated rings. The Balaban J connectivity index is 2.22. The number of nitrogens with one attached hydrogen (secondary N) is 1. The lowest BCUT2D eigenvalue weighted by Crippen LogP contribution is -2.15. The Kier molecular flexibility index (Phi) is 5.93. The Bertz CT molecular complexity index is 746. The fourth-order valence-electron chi connectivity index (χ4n) is 2.37. The summed E-state index contributed by atoms with van der Waals surface area (Å²) in [5.74, 6) is 1.41. The Hall–Kier alpha value is -2.40. The molecule has 5 nitrogen and oxygen atoms in total. The Labute approximate surface area is 146 Å². The molecule has 24 heavy (non-hydrogen) atoms. The molecule has 2 aromatic rings. The molecule has 2 rings (SSSR count). The van der Waals surface area contributed by atoms with Gasteiger partial charge in [-0.25, -0.2) is 0 Å². The van der Waals surface area contributed by atoms with Gasteiger partial charge in [-0.2, -0.15) is 0 Å². The van der Waals surface area contributed by atoms with Crippen LogP contribution in [0.1, 0.15) is 11.1 Å². The van der Waals surface area contributed by atoms with Crippen LogP contribution in [0.4, 0.5) is 5.69 Å². The second-order valence-electron chi connectivity index (χ2n) is 5.23. The van der Waals surface area contributed by atoms with Gasteiger partial charge in [0.25, 0.3) is 0 Å². The highest BCUT2D eigenvalue weighted by molar-refractivity contribution is 6.32. The number of methoxy groups -OCH3 is 3. The van der Waals surface area contributed by atoms with Crippen molar-refractivity contribution in [1.82, 2.24) is 0 Å². The van der Waals surface area contributed by atoms with E-state index in [9.17, 15) is 4.79 Å². The third-order valence-corrected chi connectivity index (χ3v) is 3.83. The summed E-state index contributed by atoms with van der Waals surface area (Å²) >= 11 is 6.07. The number of anilines is 1. The van der Waals surface area contributed by atoms with E-state index in [-0.39, 0.29) is 12.3 Å². The molecule has 0 aliphatic heterocycles. The predicted molar refractivity (Wildman–Crippen MR) is 94.6 cm³/mol. The molecule has 0 bridgehead atoms. The first-order valence-electron chi connectivity index (χ1n) is 7.33. The van der Waals surface area contributed by atoms with Gasteiger partial charge >= 0.3 is 0 Å². The zero-order valence-electron chi connectivity index (χ0n) is 14.1. The molecule has 0 aliphatic rings. The maximum absolute atomic E-state index is 12.4. The normalized spacial score (nSPS) is 10.2. The molecule has 0 aromatic heterocycles. The van der Waals surface area contributed by atoms with E-state index in [1.165, 1.54) is 14.2 Å². The highest BCUT2D eigenvalue weighted by Crippen LogP contribution is 2.36. The second-order valence-corrected chi connectivity index (χ2v) is 5.63. The van der Waals surface area contributed by atoms with Gasteiger partial charge in [0, 0.05) is 17.7 Å². The number of aryl methyl sites for hydroxylation is 1. The van der Waals surface area contributed by atoms with E-state index in [1.54, 1.807) is 19.2 Å². The molecule has 0 atom stereocenters. The number of halogens is 1. The smallest absolute Gasteiger partial charge is 0.229 e. The van der Waals surface area contributed by atoms with Gasteiger partial charge in [0.1, 0.15) is 17.2 Å². The van der Waals surface area contributed by atoms with Crippen molar-refractivity contribution in [2.24, 2.45) is 0 Å². The second kappa shape index (κ2) is 7.93. The van der Waals surface area contributed by atoms with Crippen molar-refractivity contribution in [3.63, 3.8) is 0 Å². The minimum atomic E-state index is -0.193. The van der Waals surface area contributed by atoms with E-state index in [0.29, 0.717) is 28.0 Å². The fraction of sp³-hybridized carbons (Fsp3) is 0.278. The van der Waals surface area contributed by atoms with Gasteiger partial charge in [0.15, 0.2) is 0 Å². The third kappa shape index (κ3) is 4.11. The summed E-state index contributed by atoms with van der Waals surface area (Å²) < 4.78 is 15.7. The van der Waals surface area contributed by atoms with Gasteiger partial charge in [-0.05, 0) is 13.0 Å². The van der Waals surface area contributed by atoms with Crippen molar-refractivity contribution in [1.29, 1.82) is 0 Å². The quantitative estimate of drug-likeness (QED) is 0.860. The summed E-state index contributed by atoms with van der Waals surface area (Å²) in [4.78, 5) is 12.4. The highest BCUT2D eigenvalue weighted by Gasteiger charge is 2.14. The van der Waals surface area contributed by atoms with Crippen LogP contribution in [0.3, 0.4) is 0 Å². The molecule has 0 heterocycles. The van der Waals surface area contributed by atoms with Crippen LogP contribution in [0.15, 0.2) is 30.3 Å². The van der Waals surface area contributed by atoms with E-state index < -0.39 is 0 Å². The average Bonchev–Trinajstić information content (AvgIpc) is 2.56. The first-order chi connectivity index (χ1) is 11.5. The van der Waals surface area contributed by atoms with Crippen molar-refractivity contribution in [3.05, 3.63) is 46.5 Å². The van der Waals surface area contributed by atoms with Crippen molar-refractivity contribution in [2.75, 3.05) is 26.6 Å². The molecule has 2 aromatic carbocycles. The van der Waals surface area contributed by atoms with Crippen molar-refractivity contribution in [3.8, 4) is 17.2 Å². The third-order valence-electron chi connectivity index (χ3n) is 3.53. The van der Waals surface area contributed by atoms with E-state index in [1.807, 2.05) is 25.1 Å². The lowest BCUT2D eigenvalue weighted by atomic mass is 10.1. The highest BCUT2D eigenvalue weighted by atomic mass is 35.5. The number of benzene rings is 2. The van der Waals surface area contributed by atoms with Crippen LogP contribution >= 0.6 is 11.6 Å². The van der Waals surface area contributed by atoms with E-state index >= 15 is 0 Å². The zero-order valence-corrected chi connectivity index (χ0v) is 14.9. The van der Waals surface area contributed by atoms with Crippen molar-refractivity contribution >= 4 is 23.2 Å². The molecule has 1 amide bonds. The molecule has 0 spiro atoms. The number of ether oxygens (including phenoxy) is 3. The lowest BCUT2D eigenvalue weighted by molar-refractivity contribution is -0.115. The summed E-state index contributed by atoms with van der Waals surface area (Å²) in [5.41, 5.74) is 2.37. The van der Waals surface area contributed by atoms with Crippen molar-refractivity contribution in [2.45, 2.75) is 13.3 Å². The van der Waals surface area contributed by atoms with Crippen molar-refractivity contribution < 1.29 is 19.0 Å². The minimum absolute atomic E-state index is 0.180. The molecule has 0 saturated carbocycles. The van der Waals surface area contributed by atoms with Gasteiger partial charge in [-0.15, -0.1) is 0 Å². The van der Waals surface area contributed by atoms with Crippen LogP contribution < -0.4 is 19.5 Å². The summed E-state index contributed by atoms with van der Waals surface area (Å²) in [6, 6.07) is 8.95. The Morgan fingerprint density at radius 2 is 1.67 bits per heavy atom. The van der Waals surface area contributed by atoms with Crippen LogP contribution in [-0.4, -0.2) is 27.2 Å². The zero-order chi connectivity index (χ0) is 17.7. The summed E-state index contributed by atoms with van der Waals surface area (Å²) in [7, 11) is 4.60.